The zero-order valence-electron chi connectivity index (χ0n) is 11.4. The van der Waals surface area contributed by atoms with Gasteiger partial charge in [0.1, 0.15) is 0 Å². The molecule has 1 unspecified atom stereocenters. The minimum Gasteiger partial charge on any atom is -0.316 e. The molecule has 0 aromatic rings. The van der Waals surface area contributed by atoms with Crippen molar-refractivity contribution in [2.75, 3.05) is 33.2 Å². The van der Waals surface area contributed by atoms with Crippen molar-refractivity contribution in [3.8, 4) is 0 Å². The van der Waals surface area contributed by atoms with E-state index in [4.69, 9.17) is 0 Å². The van der Waals surface area contributed by atoms with Gasteiger partial charge < -0.3 is 10.2 Å². The largest absolute Gasteiger partial charge is 0.316 e. The maximum atomic E-state index is 3.68. The normalized spacial score (nSPS) is 35.5. The fraction of sp³-hybridized carbons (Fsp3) is 1.00. The van der Waals surface area contributed by atoms with Crippen LogP contribution in [0, 0.1) is 17.3 Å². The van der Waals surface area contributed by atoms with Crippen LogP contribution in [0.3, 0.4) is 0 Å². The standard InChI is InChI=1S/C15H28N2/c1-17-10-7-15(8-11-17)6-9-16-12-14(15)13-4-2-3-5-13/h13-14,16H,2-12H2,1H3. The molecule has 0 aromatic heterocycles. The van der Waals surface area contributed by atoms with Crippen LogP contribution in [0.1, 0.15) is 44.9 Å². The second kappa shape index (κ2) is 4.89. The van der Waals surface area contributed by atoms with Gasteiger partial charge in [0, 0.05) is 0 Å². The summed E-state index contributed by atoms with van der Waals surface area (Å²) in [6.07, 6.45) is 10.4. The Bertz CT molecular complexity index is 250. The van der Waals surface area contributed by atoms with Gasteiger partial charge in [-0.3, -0.25) is 0 Å². The smallest absolute Gasteiger partial charge is 0.00125 e. The molecule has 98 valence electrons. The van der Waals surface area contributed by atoms with E-state index in [9.17, 15) is 0 Å². The number of hydrogen-bond donors (Lipinski definition) is 1. The first-order valence-corrected chi connectivity index (χ1v) is 7.69. The highest BCUT2D eigenvalue weighted by atomic mass is 15.1. The predicted molar refractivity (Wildman–Crippen MR) is 72.1 cm³/mol. The van der Waals surface area contributed by atoms with E-state index >= 15 is 0 Å². The van der Waals surface area contributed by atoms with Gasteiger partial charge in [0.15, 0.2) is 0 Å². The molecule has 0 aromatic carbocycles. The number of hydrogen-bond acceptors (Lipinski definition) is 2. The average Bonchev–Trinajstić information content (AvgIpc) is 2.87. The Kier molecular flexibility index (Phi) is 3.45. The van der Waals surface area contributed by atoms with E-state index < -0.39 is 0 Å². The van der Waals surface area contributed by atoms with Crippen LogP contribution in [-0.4, -0.2) is 38.1 Å². The molecule has 1 N–H and O–H groups in total. The Balaban J connectivity index is 1.74. The molecule has 0 amide bonds. The van der Waals surface area contributed by atoms with Gasteiger partial charge in [0.2, 0.25) is 0 Å². The van der Waals surface area contributed by atoms with Gasteiger partial charge in [-0.15, -0.1) is 0 Å². The molecule has 3 rings (SSSR count). The Hall–Kier alpha value is -0.0800. The van der Waals surface area contributed by atoms with E-state index in [1.54, 1.807) is 0 Å². The van der Waals surface area contributed by atoms with E-state index in [1.807, 2.05) is 0 Å². The maximum absolute atomic E-state index is 3.68. The van der Waals surface area contributed by atoms with Crippen molar-refractivity contribution in [2.45, 2.75) is 44.9 Å². The van der Waals surface area contributed by atoms with Crippen LogP contribution >= 0.6 is 0 Å². The van der Waals surface area contributed by atoms with Crippen molar-refractivity contribution < 1.29 is 0 Å². The summed E-state index contributed by atoms with van der Waals surface area (Å²) < 4.78 is 0. The van der Waals surface area contributed by atoms with Crippen LogP contribution in [0.5, 0.6) is 0 Å². The quantitative estimate of drug-likeness (QED) is 0.752. The van der Waals surface area contributed by atoms with Crippen molar-refractivity contribution in [1.29, 1.82) is 0 Å². The number of piperidine rings is 2. The highest BCUT2D eigenvalue weighted by molar-refractivity contribution is 4.98. The summed E-state index contributed by atoms with van der Waals surface area (Å²) in [6, 6.07) is 0. The fourth-order valence-corrected chi connectivity index (χ4v) is 4.71. The molecular formula is C15H28N2. The summed E-state index contributed by atoms with van der Waals surface area (Å²) in [5, 5.41) is 3.68. The van der Waals surface area contributed by atoms with Crippen molar-refractivity contribution in [2.24, 2.45) is 17.3 Å². The molecule has 17 heavy (non-hydrogen) atoms. The minimum absolute atomic E-state index is 0.715. The summed E-state index contributed by atoms with van der Waals surface area (Å²) >= 11 is 0. The topological polar surface area (TPSA) is 15.3 Å². The molecule has 0 radical (unpaired) electrons. The SMILES string of the molecule is CN1CCC2(CCNCC2C2CCCC2)CC1. The molecule has 0 bridgehead atoms. The van der Waals surface area contributed by atoms with Gasteiger partial charge in [0.05, 0.1) is 0 Å². The molecule has 2 heterocycles. The van der Waals surface area contributed by atoms with Gasteiger partial charge in [-0.05, 0) is 69.7 Å². The average molecular weight is 236 g/mol. The first-order chi connectivity index (χ1) is 8.30. The van der Waals surface area contributed by atoms with Crippen LogP contribution in [0.25, 0.3) is 0 Å². The molecule has 1 saturated carbocycles. The third kappa shape index (κ3) is 2.26. The number of nitrogens with one attached hydrogen (secondary N) is 1. The van der Waals surface area contributed by atoms with Crippen molar-refractivity contribution in [1.82, 2.24) is 10.2 Å². The molecule has 3 aliphatic rings. The lowest BCUT2D eigenvalue weighted by Gasteiger charge is -2.51. The van der Waals surface area contributed by atoms with E-state index in [2.05, 4.69) is 17.3 Å². The summed E-state index contributed by atoms with van der Waals surface area (Å²) in [4.78, 5) is 2.53. The van der Waals surface area contributed by atoms with Gasteiger partial charge in [-0.25, -0.2) is 0 Å². The lowest BCUT2D eigenvalue weighted by atomic mass is 9.60. The Morgan fingerprint density at radius 3 is 2.47 bits per heavy atom. The summed E-state index contributed by atoms with van der Waals surface area (Å²) in [5.41, 5.74) is 0.715. The van der Waals surface area contributed by atoms with Crippen molar-refractivity contribution in [3.63, 3.8) is 0 Å². The van der Waals surface area contributed by atoms with Crippen LogP contribution in [0.4, 0.5) is 0 Å². The van der Waals surface area contributed by atoms with Crippen LogP contribution in [0.2, 0.25) is 0 Å². The van der Waals surface area contributed by atoms with E-state index in [-0.39, 0.29) is 0 Å². The zero-order chi connectivity index (χ0) is 11.7. The van der Waals surface area contributed by atoms with Gasteiger partial charge in [0.25, 0.3) is 0 Å². The molecule has 2 aliphatic heterocycles. The lowest BCUT2D eigenvalue weighted by Crippen LogP contribution is -2.52. The second-order valence-electron chi connectivity index (χ2n) is 6.77. The second-order valence-corrected chi connectivity index (χ2v) is 6.77. The molecule has 1 aliphatic carbocycles. The molecule has 2 heteroatoms. The van der Waals surface area contributed by atoms with Gasteiger partial charge in [-0.2, -0.15) is 0 Å². The summed E-state index contributed by atoms with van der Waals surface area (Å²) in [7, 11) is 2.29. The van der Waals surface area contributed by atoms with Crippen LogP contribution < -0.4 is 5.32 Å². The predicted octanol–water partition coefficient (Wildman–Crippen LogP) is 2.50. The molecular weight excluding hydrogens is 208 g/mol. The zero-order valence-corrected chi connectivity index (χ0v) is 11.4. The number of rotatable bonds is 1. The number of nitrogens with zero attached hydrogens (tertiary/aromatic N) is 1. The lowest BCUT2D eigenvalue weighted by molar-refractivity contribution is 0.00157. The Labute approximate surface area is 106 Å². The minimum atomic E-state index is 0.715. The van der Waals surface area contributed by atoms with Crippen LogP contribution in [0.15, 0.2) is 0 Å². The Morgan fingerprint density at radius 2 is 1.76 bits per heavy atom. The molecule has 2 saturated heterocycles. The highest BCUT2D eigenvalue weighted by Gasteiger charge is 2.45. The summed E-state index contributed by atoms with van der Waals surface area (Å²) in [6.45, 7) is 5.26. The number of likely N-dealkylation sites (tertiary alicyclic amines) is 1. The third-order valence-corrected chi connectivity index (χ3v) is 5.90. The monoisotopic (exact) mass is 236 g/mol. The van der Waals surface area contributed by atoms with Gasteiger partial charge in [-0.1, -0.05) is 25.7 Å². The van der Waals surface area contributed by atoms with Gasteiger partial charge >= 0.3 is 0 Å². The molecule has 3 fully saturated rings. The van der Waals surface area contributed by atoms with Crippen LogP contribution in [-0.2, 0) is 0 Å². The molecule has 1 atom stereocenters. The third-order valence-electron chi connectivity index (χ3n) is 5.90. The molecule has 1 spiro atoms. The van der Waals surface area contributed by atoms with Crippen molar-refractivity contribution in [3.05, 3.63) is 0 Å². The highest BCUT2D eigenvalue weighted by Crippen LogP contribution is 2.49. The Morgan fingerprint density at radius 1 is 1.06 bits per heavy atom. The first kappa shape index (κ1) is 12.0. The van der Waals surface area contributed by atoms with E-state index in [1.165, 1.54) is 71.1 Å². The maximum Gasteiger partial charge on any atom is -0.00125 e. The first-order valence-electron chi connectivity index (χ1n) is 7.69. The van der Waals surface area contributed by atoms with E-state index in [0.717, 1.165) is 11.8 Å². The summed E-state index contributed by atoms with van der Waals surface area (Å²) in [5.74, 6) is 2.04. The van der Waals surface area contributed by atoms with Crippen molar-refractivity contribution >= 4 is 0 Å². The fourth-order valence-electron chi connectivity index (χ4n) is 4.71. The molecule has 2 nitrogen and oxygen atoms in total. The van der Waals surface area contributed by atoms with E-state index in [0.29, 0.717) is 5.41 Å².